The number of nitrogens with zero attached hydrogens (tertiary/aromatic N) is 2. The van der Waals surface area contributed by atoms with Crippen LogP contribution in [0.4, 0.5) is 5.69 Å². The van der Waals surface area contributed by atoms with E-state index >= 15 is 0 Å². The molecule has 1 saturated heterocycles. The van der Waals surface area contributed by atoms with Gasteiger partial charge in [0.15, 0.2) is 5.57 Å². The van der Waals surface area contributed by atoms with Gasteiger partial charge in [0, 0.05) is 43.7 Å². The van der Waals surface area contributed by atoms with E-state index in [1.165, 1.54) is 26.4 Å². The Balaban J connectivity index is 1.73. The zero-order chi connectivity index (χ0) is 17.2. The average Bonchev–Trinajstić information content (AvgIpc) is 2.54. The monoisotopic (exact) mass is 325 g/mol. The highest BCUT2D eigenvalue weighted by Crippen LogP contribution is 2.23. The third kappa shape index (κ3) is 3.40. The number of cyclic esters (lactones) is 2. The summed E-state index contributed by atoms with van der Waals surface area (Å²) in [6, 6.07) is 7.37. The van der Waals surface area contributed by atoms with E-state index in [0.717, 1.165) is 11.1 Å². The fraction of sp³-hybridized carbons (Fsp3) is 0.176. The Kier molecular flexibility index (Phi) is 3.99. The molecule has 0 saturated carbocycles. The zero-order valence-electron chi connectivity index (χ0n) is 13.1. The number of hydrogen-bond donors (Lipinski definition) is 1. The first kappa shape index (κ1) is 15.7. The predicted molar refractivity (Wildman–Crippen MR) is 85.4 cm³/mol. The van der Waals surface area contributed by atoms with Crippen LogP contribution in [0.5, 0.6) is 0 Å². The Morgan fingerprint density at radius 1 is 0.958 bits per heavy atom. The highest BCUT2D eigenvalue weighted by Gasteiger charge is 2.38. The van der Waals surface area contributed by atoms with Crippen molar-refractivity contribution in [1.29, 1.82) is 0 Å². The number of benzene rings is 1. The summed E-state index contributed by atoms with van der Waals surface area (Å²) in [5.74, 6) is -2.69. The van der Waals surface area contributed by atoms with Crippen molar-refractivity contribution in [1.82, 2.24) is 9.97 Å². The molecule has 0 unspecified atom stereocenters. The van der Waals surface area contributed by atoms with Gasteiger partial charge in [-0.3, -0.25) is 0 Å². The number of anilines is 1. The van der Waals surface area contributed by atoms with E-state index in [0.29, 0.717) is 5.69 Å². The topological polar surface area (TPSA) is 90.4 Å². The second kappa shape index (κ2) is 6.11. The van der Waals surface area contributed by atoms with Gasteiger partial charge in [-0.25, -0.2) is 19.6 Å². The Morgan fingerprint density at radius 3 is 2.12 bits per heavy atom. The number of carbonyl (C=O) groups is 2. The summed E-state index contributed by atoms with van der Waals surface area (Å²) in [5.41, 5.74) is 2.36. The van der Waals surface area contributed by atoms with E-state index in [9.17, 15) is 9.59 Å². The lowest BCUT2D eigenvalue weighted by molar-refractivity contribution is -0.222. The summed E-state index contributed by atoms with van der Waals surface area (Å²) >= 11 is 0. The molecule has 2 heterocycles. The highest BCUT2D eigenvalue weighted by atomic mass is 16.7. The second-order valence-electron chi connectivity index (χ2n) is 5.59. The van der Waals surface area contributed by atoms with Crippen LogP contribution < -0.4 is 5.32 Å². The number of esters is 2. The average molecular weight is 325 g/mol. The van der Waals surface area contributed by atoms with E-state index in [1.54, 1.807) is 12.4 Å². The molecule has 0 amide bonds. The molecule has 0 aliphatic carbocycles. The van der Waals surface area contributed by atoms with Crippen LogP contribution in [0.1, 0.15) is 13.8 Å². The summed E-state index contributed by atoms with van der Waals surface area (Å²) in [7, 11) is 0. The van der Waals surface area contributed by atoms with Crippen LogP contribution in [0.15, 0.2) is 54.8 Å². The lowest BCUT2D eigenvalue weighted by Crippen LogP contribution is -2.42. The van der Waals surface area contributed by atoms with E-state index in [1.807, 2.05) is 24.3 Å². The molecule has 1 aliphatic rings. The van der Waals surface area contributed by atoms with Gasteiger partial charge in [0.2, 0.25) is 0 Å². The standard InChI is InChI=1S/C17H15N3O4/c1-17(2)23-15(21)14(16(22)24-17)9-20-13-5-3-11(4-6-13)12-7-18-10-19-8-12/h3-10,20H,1-2H3. The second-order valence-corrected chi connectivity index (χ2v) is 5.59. The molecular weight excluding hydrogens is 310 g/mol. The first-order valence-electron chi connectivity index (χ1n) is 7.23. The van der Waals surface area contributed by atoms with Crippen LogP contribution in [-0.2, 0) is 19.1 Å². The van der Waals surface area contributed by atoms with Gasteiger partial charge in [0.1, 0.15) is 6.33 Å². The minimum absolute atomic E-state index is 0.185. The molecule has 3 rings (SSSR count). The van der Waals surface area contributed by atoms with Crippen molar-refractivity contribution < 1.29 is 19.1 Å². The van der Waals surface area contributed by atoms with Gasteiger partial charge in [0.25, 0.3) is 5.79 Å². The van der Waals surface area contributed by atoms with Gasteiger partial charge in [-0.15, -0.1) is 0 Å². The van der Waals surface area contributed by atoms with E-state index in [-0.39, 0.29) is 5.57 Å². The molecule has 0 spiro atoms. The molecule has 7 nitrogen and oxygen atoms in total. The minimum Gasteiger partial charge on any atom is -0.419 e. The molecular formula is C17H15N3O4. The SMILES string of the molecule is CC1(C)OC(=O)C(=CNc2ccc(-c3cncnc3)cc2)C(=O)O1. The summed E-state index contributed by atoms with van der Waals surface area (Å²) in [4.78, 5) is 31.6. The molecule has 1 fully saturated rings. The molecule has 0 bridgehead atoms. The molecule has 1 aromatic heterocycles. The van der Waals surface area contributed by atoms with E-state index in [2.05, 4.69) is 15.3 Å². The van der Waals surface area contributed by atoms with Gasteiger partial charge in [-0.2, -0.15) is 0 Å². The lowest BCUT2D eigenvalue weighted by Gasteiger charge is -2.29. The largest absolute Gasteiger partial charge is 0.419 e. The van der Waals surface area contributed by atoms with Crippen LogP contribution in [0.25, 0.3) is 11.1 Å². The van der Waals surface area contributed by atoms with Crippen molar-refractivity contribution in [3.8, 4) is 11.1 Å². The minimum atomic E-state index is -1.25. The van der Waals surface area contributed by atoms with Crippen molar-refractivity contribution in [3.05, 3.63) is 54.8 Å². The normalized spacial score (nSPS) is 16.2. The first-order chi connectivity index (χ1) is 11.4. The third-order valence-electron chi connectivity index (χ3n) is 3.28. The highest BCUT2D eigenvalue weighted by molar-refractivity contribution is 6.15. The lowest BCUT2D eigenvalue weighted by atomic mass is 10.1. The Morgan fingerprint density at radius 2 is 1.54 bits per heavy atom. The van der Waals surface area contributed by atoms with Gasteiger partial charge in [0.05, 0.1) is 0 Å². The Labute approximate surface area is 138 Å². The fourth-order valence-electron chi connectivity index (χ4n) is 2.14. The molecule has 2 aromatic rings. The van der Waals surface area contributed by atoms with Crippen molar-refractivity contribution in [2.24, 2.45) is 0 Å². The maximum atomic E-state index is 11.8. The van der Waals surface area contributed by atoms with Crippen LogP contribution in [-0.4, -0.2) is 27.7 Å². The van der Waals surface area contributed by atoms with Gasteiger partial charge in [-0.05, 0) is 17.7 Å². The van der Waals surface area contributed by atoms with Crippen molar-refractivity contribution in [3.63, 3.8) is 0 Å². The Hall–Kier alpha value is -3.22. The number of nitrogens with one attached hydrogen (secondary N) is 1. The molecule has 1 aliphatic heterocycles. The van der Waals surface area contributed by atoms with Crippen molar-refractivity contribution in [2.75, 3.05) is 5.32 Å². The van der Waals surface area contributed by atoms with Gasteiger partial charge >= 0.3 is 11.9 Å². The summed E-state index contributed by atoms with van der Waals surface area (Å²) < 4.78 is 10.0. The predicted octanol–water partition coefficient (Wildman–Crippen LogP) is 2.28. The Bertz CT molecular complexity index is 776. The molecule has 1 N–H and O–H groups in total. The van der Waals surface area contributed by atoms with Crippen molar-refractivity contribution >= 4 is 17.6 Å². The maximum absolute atomic E-state index is 11.8. The summed E-state index contributed by atoms with van der Waals surface area (Å²) in [6.45, 7) is 3.00. The molecule has 7 heteroatoms. The van der Waals surface area contributed by atoms with Crippen LogP contribution >= 0.6 is 0 Å². The van der Waals surface area contributed by atoms with E-state index < -0.39 is 17.7 Å². The number of aromatic nitrogens is 2. The van der Waals surface area contributed by atoms with Gasteiger partial charge in [-0.1, -0.05) is 12.1 Å². The zero-order valence-corrected chi connectivity index (χ0v) is 13.1. The summed E-state index contributed by atoms with van der Waals surface area (Å²) in [6.07, 6.45) is 6.18. The first-order valence-corrected chi connectivity index (χ1v) is 7.23. The molecule has 1 aromatic carbocycles. The smallest absolute Gasteiger partial charge is 0.350 e. The number of rotatable bonds is 3. The van der Waals surface area contributed by atoms with Crippen molar-refractivity contribution in [2.45, 2.75) is 19.6 Å². The molecule has 0 radical (unpaired) electrons. The number of ether oxygens (including phenoxy) is 2. The quantitative estimate of drug-likeness (QED) is 0.526. The number of carbonyl (C=O) groups excluding carboxylic acids is 2. The van der Waals surface area contributed by atoms with Crippen LogP contribution in [0.3, 0.4) is 0 Å². The molecule has 24 heavy (non-hydrogen) atoms. The van der Waals surface area contributed by atoms with E-state index in [4.69, 9.17) is 9.47 Å². The summed E-state index contributed by atoms with van der Waals surface area (Å²) in [5, 5.41) is 2.89. The number of hydrogen-bond acceptors (Lipinski definition) is 7. The molecule has 122 valence electrons. The fourth-order valence-corrected chi connectivity index (χ4v) is 2.14. The van der Waals surface area contributed by atoms with Crippen LogP contribution in [0.2, 0.25) is 0 Å². The third-order valence-corrected chi connectivity index (χ3v) is 3.28. The molecule has 0 atom stereocenters. The van der Waals surface area contributed by atoms with Crippen LogP contribution in [0, 0.1) is 0 Å². The maximum Gasteiger partial charge on any atom is 0.350 e. The van der Waals surface area contributed by atoms with Gasteiger partial charge < -0.3 is 14.8 Å².